The number of hydrogen-bond acceptors (Lipinski definition) is 6. The third-order valence-electron chi connectivity index (χ3n) is 2.06. The smallest absolute Gasteiger partial charge is 0.246 e. The largest absolute Gasteiger partial charge is 0.383 e. The zero-order chi connectivity index (χ0) is 12.3. The molecule has 0 amide bonds. The lowest BCUT2D eigenvalue weighted by Crippen LogP contribution is -2.16. The van der Waals surface area contributed by atoms with Crippen molar-refractivity contribution in [3.05, 3.63) is 30.0 Å². The van der Waals surface area contributed by atoms with Gasteiger partial charge in [-0.3, -0.25) is 0 Å². The van der Waals surface area contributed by atoms with Crippen LogP contribution in [0.15, 0.2) is 22.9 Å². The molecular weight excluding hydrogens is 227 g/mol. The molecule has 1 atom stereocenters. The number of methoxy groups -OCH3 is 1. The fourth-order valence-electron chi connectivity index (χ4n) is 1.25. The van der Waals surface area contributed by atoms with E-state index in [4.69, 9.17) is 15.0 Å². The van der Waals surface area contributed by atoms with Crippen LogP contribution >= 0.6 is 0 Å². The standard InChI is InChI=1S/C10H11FN4O2/c1-16-5-7(12)10-14-9(15-17-10)8-3-2-6(11)4-13-8/h2-4,7H,5,12H2,1H3. The van der Waals surface area contributed by atoms with E-state index < -0.39 is 11.9 Å². The van der Waals surface area contributed by atoms with Gasteiger partial charge in [0.1, 0.15) is 17.6 Å². The Morgan fingerprint density at radius 3 is 3.00 bits per heavy atom. The summed E-state index contributed by atoms with van der Waals surface area (Å²) in [4.78, 5) is 7.90. The predicted molar refractivity (Wildman–Crippen MR) is 56.3 cm³/mol. The predicted octanol–water partition coefficient (Wildman–Crippen LogP) is 0.917. The van der Waals surface area contributed by atoms with Gasteiger partial charge >= 0.3 is 0 Å². The van der Waals surface area contributed by atoms with E-state index in [9.17, 15) is 4.39 Å². The topological polar surface area (TPSA) is 87.1 Å². The molecule has 0 aliphatic carbocycles. The number of aromatic nitrogens is 3. The van der Waals surface area contributed by atoms with Crippen molar-refractivity contribution < 1.29 is 13.7 Å². The van der Waals surface area contributed by atoms with Crippen LogP contribution in [0.25, 0.3) is 11.5 Å². The van der Waals surface area contributed by atoms with Gasteiger partial charge in [-0.25, -0.2) is 9.37 Å². The van der Waals surface area contributed by atoms with Gasteiger partial charge in [-0.1, -0.05) is 5.16 Å². The number of rotatable bonds is 4. The lowest BCUT2D eigenvalue weighted by atomic mass is 10.3. The first-order valence-corrected chi connectivity index (χ1v) is 4.90. The molecule has 0 saturated carbocycles. The van der Waals surface area contributed by atoms with E-state index in [1.807, 2.05) is 0 Å². The molecule has 1 unspecified atom stereocenters. The molecule has 2 aromatic heterocycles. The summed E-state index contributed by atoms with van der Waals surface area (Å²) in [5, 5.41) is 3.71. The number of nitrogens with two attached hydrogens (primary N) is 1. The molecule has 0 aliphatic rings. The normalized spacial score (nSPS) is 12.6. The van der Waals surface area contributed by atoms with Crippen LogP contribution in [0.2, 0.25) is 0 Å². The lowest BCUT2D eigenvalue weighted by Gasteiger charge is -2.02. The third-order valence-corrected chi connectivity index (χ3v) is 2.06. The summed E-state index contributed by atoms with van der Waals surface area (Å²) in [6.07, 6.45) is 1.08. The summed E-state index contributed by atoms with van der Waals surface area (Å²) < 4.78 is 22.5. The van der Waals surface area contributed by atoms with Crippen LogP contribution in [0.1, 0.15) is 11.9 Å². The van der Waals surface area contributed by atoms with Crippen LogP contribution in [0.3, 0.4) is 0 Å². The minimum absolute atomic E-state index is 0.257. The van der Waals surface area contributed by atoms with Crippen molar-refractivity contribution in [2.75, 3.05) is 13.7 Å². The van der Waals surface area contributed by atoms with Gasteiger partial charge in [0.15, 0.2) is 0 Å². The zero-order valence-corrected chi connectivity index (χ0v) is 9.13. The summed E-state index contributed by atoms with van der Waals surface area (Å²) in [5.41, 5.74) is 6.14. The molecule has 0 saturated heterocycles. The Bertz CT molecular complexity index is 485. The number of pyridine rings is 1. The van der Waals surface area contributed by atoms with E-state index in [2.05, 4.69) is 15.1 Å². The van der Waals surface area contributed by atoms with E-state index in [0.717, 1.165) is 6.20 Å². The van der Waals surface area contributed by atoms with Crippen LogP contribution in [0, 0.1) is 5.82 Å². The molecule has 2 aromatic rings. The molecule has 0 aliphatic heterocycles. The van der Waals surface area contributed by atoms with Crippen LogP contribution < -0.4 is 5.73 Å². The molecule has 0 fully saturated rings. The van der Waals surface area contributed by atoms with Crippen molar-refractivity contribution in [1.82, 2.24) is 15.1 Å². The van der Waals surface area contributed by atoms with Gasteiger partial charge in [0, 0.05) is 7.11 Å². The first-order chi connectivity index (χ1) is 8.20. The maximum absolute atomic E-state index is 12.7. The van der Waals surface area contributed by atoms with Gasteiger partial charge in [0.2, 0.25) is 11.7 Å². The lowest BCUT2D eigenvalue weighted by molar-refractivity contribution is 0.166. The molecular formula is C10H11FN4O2. The van der Waals surface area contributed by atoms with Crippen molar-refractivity contribution in [2.45, 2.75) is 6.04 Å². The zero-order valence-electron chi connectivity index (χ0n) is 9.13. The molecule has 2 rings (SSSR count). The highest BCUT2D eigenvalue weighted by Gasteiger charge is 2.16. The Morgan fingerprint density at radius 2 is 2.35 bits per heavy atom. The fourth-order valence-corrected chi connectivity index (χ4v) is 1.25. The van der Waals surface area contributed by atoms with Gasteiger partial charge < -0.3 is 15.0 Å². The van der Waals surface area contributed by atoms with Crippen molar-refractivity contribution in [2.24, 2.45) is 5.73 Å². The van der Waals surface area contributed by atoms with E-state index in [-0.39, 0.29) is 18.3 Å². The Kier molecular flexibility index (Phi) is 3.40. The van der Waals surface area contributed by atoms with Crippen molar-refractivity contribution >= 4 is 0 Å². The number of hydrogen-bond donors (Lipinski definition) is 1. The Balaban J connectivity index is 2.20. The maximum Gasteiger partial charge on any atom is 0.246 e. The second-order valence-electron chi connectivity index (χ2n) is 3.38. The van der Waals surface area contributed by atoms with E-state index in [1.165, 1.54) is 19.2 Å². The quantitative estimate of drug-likeness (QED) is 0.852. The SMILES string of the molecule is COCC(N)c1nc(-c2ccc(F)cn2)no1. The monoisotopic (exact) mass is 238 g/mol. The van der Waals surface area contributed by atoms with Gasteiger partial charge in [-0.15, -0.1) is 0 Å². The average molecular weight is 238 g/mol. The van der Waals surface area contributed by atoms with Gasteiger partial charge in [0.25, 0.3) is 0 Å². The van der Waals surface area contributed by atoms with E-state index >= 15 is 0 Å². The van der Waals surface area contributed by atoms with Crippen LogP contribution in [-0.4, -0.2) is 28.8 Å². The summed E-state index contributed by atoms with van der Waals surface area (Å²) in [5.74, 6) is 0.105. The molecule has 90 valence electrons. The van der Waals surface area contributed by atoms with Crippen LogP contribution in [-0.2, 0) is 4.74 Å². The van der Waals surface area contributed by atoms with Gasteiger partial charge in [-0.05, 0) is 12.1 Å². The minimum atomic E-state index is -0.485. The minimum Gasteiger partial charge on any atom is -0.383 e. The Morgan fingerprint density at radius 1 is 1.53 bits per heavy atom. The van der Waals surface area contributed by atoms with Crippen molar-refractivity contribution in [3.63, 3.8) is 0 Å². The third kappa shape index (κ3) is 2.63. The molecule has 0 radical (unpaired) electrons. The highest BCUT2D eigenvalue weighted by molar-refractivity contribution is 5.47. The average Bonchev–Trinajstić information content (AvgIpc) is 2.80. The second kappa shape index (κ2) is 4.98. The van der Waals surface area contributed by atoms with E-state index in [1.54, 1.807) is 0 Å². The Hall–Kier alpha value is -1.86. The molecule has 0 aromatic carbocycles. The molecule has 7 heteroatoms. The molecule has 17 heavy (non-hydrogen) atoms. The number of ether oxygens (including phenoxy) is 1. The molecule has 2 N–H and O–H groups in total. The highest BCUT2D eigenvalue weighted by Crippen LogP contribution is 2.15. The first-order valence-electron chi connectivity index (χ1n) is 4.90. The summed E-state index contributed by atoms with van der Waals surface area (Å²) in [6.45, 7) is 0.276. The Labute approximate surface area is 96.6 Å². The molecule has 0 bridgehead atoms. The van der Waals surface area contributed by atoms with E-state index in [0.29, 0.717) is 5.69 Å². The van der Waals surface area contributed by atoms with Crippen LogP contribution in [0.5, 0.6) is 0 Å². The molecule has 0 spiro atoms. The van der Waals surface area contributed by atoms with Gasteiger partial charge in [0.05, 0.1) is 12.8 Å². The van der Waals surface area contributed by atoms with Crippen molar-refractivity contribution in [3.8, 4) is 11.5 Å². The summed E-state index contributed by atoms with van der Waals surface area (Å²) in [7, 11) is 1.53. The first kappa shape index (κ1) is 11.6. The van der Waals surface area contributed by atoms with Crippen molar-refractivity contribution in [1.29, 1.82) is 0 Å². The number of halogens is 1. The fraction of sp³-hybridized carbons (Fsp3) is 0.300. The summed E-state index contributed by atoms with van der Waals surface area (Å²) >= 11 is 0. The van der Waals surface area contributed by atoms with Gasteiger partial charge in [-0.2, -0.15) is 4.98 Å². The second-order valence-corrected chi connectivity index (χ2v) is 3.38. The molecule has 2 heterocycles. The maximum atomic E-state index is 12.7. The molecule has 6 nitrogen and oxygen atoms in total. The highest BCUT2D eigenvalue weighted by atomic mass is 19.1. The summed E-state index contributed by atoms with van der Waals surface area (Å²) in [6, 6.07) is 2.25. The number of nitrogens with zero attached hydrogens (tertiary/aromatic N) is 3. The van der Waals surface area contributed by atoms with Crippen LogP contribution in [0.4, 0.5) is 4.39 Å².